The van der Waals surface area contributed by atoms with E-state index in [1.165, 1.54) is 42.5 Å². The van der Waals surface area contributed by atoms with Crippen LogP contribution in [0, 0.1) is 10.1 Å². The summed E-state index contributed by atoms with van der Waals surface area (Å²) in [5, 5.41) is 23.0. The van der Waals surface area contributed by atoms with Crippen LogP contribution in [0.5, 0.6) is 0 Å². The first-order valence-electron chi connectivity index (χ1n) is 7.00. The van der Waals surface area contributed by atoms with Crippen LogP contribution >= 0.6 is 23.2 Å². The van der Waals surface area contributed by atoms with Gasteiger partial charge in [-0.15, -0.1) is 0 Å². The summed E-state index contributed by atoms with van der Waals surface area (Å²) in [7, 11) is 0. The number of nitro groups is 1. The zero-order chi connectivity index (χ0) is 18.6. The number of halogens is 2. The molecule has 1 atom stereocenters. The number of benzene rings is 2. The fourth-order valence-corrected chi connectivity index (χ4v) is 2.69. The van der Waals surface area contributed by atoms with Crippen molar-refractivity contribution in [3.05, 3.63) is 73.8 Å². The molecule has 0 bridgehead atoms. The van der Waals surface area contributed by atoms with E-state index in [1.54, 1.807) is 0 Å². The van der Waals surface area contributed by atoms with Crippen LogP contribution in [0.1, 0.15) is 28.4 Å². The van der Waals surface area contributed by atoms with Crippen LogP contribution in [0.2, 0.25) is 10.0 Å². The highest BCUT2D eigenvalue weighted by Crippen LogP contribution is 2.25. The summed E-state index contributed by atoms with van der Waals surface area (Å²) in [6.45, 7) is 0. The van der Waals surface area contributed by atoms with Crippen molar-refractivity contribution in [3.63, 3.8) is 0 Å². The Labute approximate surface area is 152 Å². The molecule has 130 valence electrons. The van der Waals surface area contributed by atoms with Crippen molar-refractivity contribution in [2.75, 3.05) is 0 Å². The minimum absolute atomic E-state index is 0.109. The lowest BCUT2D eigenvalue weighted by atomic mass is 10.0. The van der Waals surface area contributed by atoms with Gasteiger partial charge in [0.2, 0.25) is 0 Å². The number of carboxylic acids is 1. The number of nitrogens with one attached hydrogen (secondary N) is 1. The van der Waals surface area contributed by atoms with Gasteiger partial charge in [0.1, 0.15) is 0 Å². The van der Waals surface area contributed by atoms with Gasteiger partial charge in [-0.3, -0.25) is 19.7 Å². The zero-order valence-electron chi connectivity index (χ0n) is 12.6. The Morgan fingerprint density at radius 3 is 2.52 bits per heavy atom. The highest BCUT2D eigenvalue weighted by molar-refractivity contribution is 6.36. The first kappa shape index (κ1) is 18.7. The average Bonchev–Trinajstić information content (AvgIpc) is 2.53. The summed E-state index contributed by atoms with van der Waals surface area (Å²) >= 11 is 11.8. The Balaban J connectivity index is 2.31. The Hall–Kier alpha value is -2.64. The predicted octanol–water partition coefficient (Wildman–Crippen LogP) is 3.85. The van der Waals surface area contributed by atoms with Gasteiger partial charge in [0.25, 0.3) is 11.6 Å². The lowest BCUT2D eigenvalue weighted by Gasteiger charge is -2.18. The highest BCUT2D eigenvalue weighted by Gasteiger charge is 2.22. The maximum atomic E-state index is 12.4. The molecule has 2 rings (SSSR count). The molecule has 7 nitrogen and oxygen atoms in total. The summed E-state index contributed by atoms with van der Waals surface area (Å²) in [6, 6.07) is 8.73. The number of carbonyl (C=O) groups is 2. The van der Waals surface area contributed by atoms with E-state index in [4.69, 9.17) is 28.3 Å². The molecule has 0 fully saturated rings. The second-order valence-electron chi connectivity index (χ2n) is 5.10. The number of non-ortho nitro benzene ring substituents is 1. The molecule has 2 aromatic rings. The van der Waals surface area contributed by atoms with Gasteiger partial charge < -0.3 is 10.4 Å². The van der Waals surface area contributed by atoms with E-state index >= 15 is 0 Å². The van der Waals surface area contributed by atoms with Crippen LogP contribution < -0.4 is 5.32 Å². The van der Waals surface area contributed by atoms with Gasteiger partial charge in [-0.2, -0.15) is 0 Å². The monoisotopic (exact) mass is 382 g/mol. The van der Waals surface area contributed by atoms with E-state index in [-0.39, 0.29) is 16.3 Å². The SMILES string of the molecule is O=C(O)CC(NC(=O)c1ccc(Cl)cc1Cl)c1cccc([N+](=O)[O-])c1. The summed E-state index contributed by atoms with van der Waals surface area (Å²) < 4.78 is 0. The fraction of sp³-hybridized carbons (Fsp3) is 0.125. The third kappa shape index (κ3) is 4.91. The molecular formula is C16H12Cl2N2O5. The van der Waals surface area contributed by atoms with Crippen LogP contribution in [-0.2, 0) is 4.79 Å². The van der Waals surface area contributed by atoms with Gasteiger partial charge in [0.05, 0.1) is 28.0 Å². The van der Waals surface area contributed by atoms with Gasteiger partial charge >= 0.3 is 5.97 Å². The van der Waals surface area contributed by atoms with Crippen LogP contribution in [-0.4, -0.2) is 21.9 Å². The summed E-state index contributed by atoms with van der Waals surface area (Å²) in [4.78, 5) is 33.8. The fourth-order valence-electron chi connectivity index (χ4n) is 2.19. The zero-order valence-corrected chi connectivity index (χ0v) is 14.1. The molecule has 0 saturated carbocycles. The molecule has 0 heterocycles. The minimum atomic E-state index is -1.17. The number of aliphatic carboxylic acids is 1. The number of hydrogen-bond donors (Lipinski definition) is 2. The molecule has 1 amide bonds. The van der Waals surface area contributed by atoms with Crippen molar-refractivity contribution < 1.29 is 19.6 Å². The number of rotatable bonds is 6. The number of carboxylic acid groups (broad SMARTS) is 1. The van der Waals surface area contributed by atoms with Crippen molar-refractivity contribution in [3.8, 4) is 0 Å². The molecular weight excluding hydrogens is 371 g/mol. The first-order chi connectivity index (χ1) is 11.8. The number of nitro benzene ring substituents is 1. The largest absolute Gasteiger partial charge is 0.481 e. The Morgan fingerprint density at radius 1 is 1.20 bits per heavy atom. The second kappa shape index (κ2) is 7.96. The molecule has 0 aliphatic heterocycles. The summed E-state index contributed by atoms with van der Waals surface area (Å²) in [6.07, 6.45) is -0.446. The molecule has 1 unspecified atom stereocenters. The number of amides is 1. The van der Waals surface area contributed by atoms with Crippen LogP contribution in [0.3, 0.4) is 0 Å². The predicted molar refractivity (Wildman–Crippen MR) is 92.0 cm³/mol. The third-order valence-electron chi connectivity index (χ3n) is 3.34. The molecule has 0 aliphatic carbocycles. The molecule has 0 radical (unpaired) electrons. The number of carbonyl (C=O) groups excluding carboxylic acids is 1. The van der Waals surface area contributed by atoms with Crippen LogP contribution in [0.4, 0.5) is 5.69 Å². The Morgan fingerprint density at radius 2 is 1.92 bits per heavy atom. The highest BCUT2D eigenvalue weighted by atomic mass is 35.5. The normalized spacial score (nSPS) is 11.6. The molecule has 25 heavy (non-hydrogen) atoms. The van der Waals surface area contributed by atoms with Crippen molar-refractivity contribution >= 4 is 40.8 Å². The molecule has 0 saturated heterocycles. The second-order valence-corrected chi connectivity index (χ2v) is 5.94. The molecule has 0 spiro atoms. The minimum Gasteiger partial charge on any atom is -0.481 e. The van der Waals surface area contributed by atoms with Gasteiger partial charge in [0.15, 0.2) is 0 Å². The summed E-state index contributed by atoms with van der Waals surface area (Å²) in [5.74, 6) is -1.78. The maximum absolute atomic E-state index is 12.4. The number of hydrogen-bond acceptors (Lipinski definition) is 4. The quantitative estimate of drug-likeness (QED) is 0.582. The molecule has 0 aliphatic rings. The Bertz CT molecular complexity index is 841. The maximum Gasteiger partial charge on any atom is 0.305 e. The van der Waals surface area contributed by atoms with Crippen molar-refractivity contribution in [1.29, 1.82) is 0 Å². The van der Waals surface area contributed by atoms with E-state index in [9.17, 15) is 19.7 Å². The molecule has 2 N–H and O–H groups in total. The first-order valence-corrected chi connectivity index (χ1v) is 7.75. The van der Waals surface area contributed by atoms with E-state index in [0.717, 1.165) is 0 Å². The summed E-state index contributed by atoms with van der Waals surface area (Å²) in [5.41, 5.74) is 0.216. The van der Waals surface area contributed by atoms with Crippen LogP contribution in [0.25, 0.3) is 0 Å². The van der Waals surface area contributed by atoms with E-state index in [0.29, 0.717) is 10.6 Å². The standard InChI is InChI=1S/C16H12Cl2N2O5/c17-10-4-5-12(13(18)7-10)16(23)19-14(8-15(21)22)9-2-1-3-11(6-9)20(24)25/h1-7,14H,8H2,(H,19,23)(H,21,22). The molecule has 2 aromatic carbocycles. The van der Waals surface area contributed by atoms with Gasteiger partial charge in [-0.1, -0.05) is 35.3 Å². The van der Waals surface area contributed by atoms with Crippen LogP contribution in [0.15, 0.2) is 42.5 Å². The third-order valence-corrected chi connectivity index (χ3v) is 3.89. The van der Waals surface area contributed by atoms with E-state index in [1.807, 2.05) is 0 Å². The van der Waals surface area contributed by atoms with Gasteiger partial charge in [-0.05, 0) is 23.8 Å². The molecule has 9 heteroatoms. The smallest absolute Gasteiger partial charge is 0.305 e. The molecule has 0 aromatic heterocycles. The lowest BCUT2D eigenvalue weighted by Crippen LogP contribution is -2.30. The Kier molecular flexibility index (Phi) is 5.95. The topological polar surface area (TPSA) is 110 Å². The van der Waals surface area contributed by atoms with Crippen molar-refractivity contribution in [2.45, 2.75) is 12.5 Å². The average molecular weight is 383 g/mol. The lowest BCUT2D eigenvalue weighted by molar-refractivity contribution is -0.384. The van der Waals surface area contributed by atoms with Crippen molar-refractivity contribution in [1.82, 2.24) is 5.32 Å². The van der Waals surface area contributed by atoms with E-state index < -0.39 is 29.3 Å². The van der Waals surface area contributed by atoms with Gasteiger partial charge in [-0.25, -0.2) is 0 Å². The van der Waals surface area contributed by atoms with Gasteiger partial charge in [0, 0.05) is 17.2 Å². The van der Waals surface area contributed by atoms with Crippen molar-refractivity contribution in [2.24, 2.45) is 0 Å². The van der Waals surface area contributed by atoms with E-state index in [2.05, 4.69) is 5.32 Å². The number of nitrogens with zero attached hydrogens (tertiary/aromatic N) is 1.